The van der Waals surface area contributed by atoms with Gasteiger partial charge < -0.3 is 4.74 Å². The fraction of sp³-hybridized carbons (Fsp3) is 0.250. The molecule has 0 aliphatic rings. The van der Waals surface area contributed by atoms with E-state index < -0.39 is 0 Å². The second-order valence-electron chi connectivity index (χ2n) is 3.59. The molecule has 0 bridgehead atoms. The number of aromatic nitrogens is 2. The summed E-state index contributed by atoms with van der Waals surface area (Å²) in [5.41, 5.74) is 2.27. The summed E-state index contributed by atoms with van der Waals surface area (Å²) in [5.74, 6) is -0.283. The molecule has 84 valence electrons. The SMILES string of the molecule is COCc1nn(-c2ccccc2F)cc1C. The van der Waals surface area contributed by atoms with Crippen molar-refractivity contribution in [3.05, 3.63) is 47.5 Å². The van der Waals surface area contributed by atoms with E-state index >= 15 is 0 Å². The number of rotatable bonds is 3. The van der Waals surface area contributed by atoms with Gasteiger partial charge in [-0.3, -0.25) is 0 Å². The molecule has 0 saturated heterocycles. The average Bonchev–Trinajstić information content (AvgIpc) is 2.61. The van der Waals surface area contributed by atoms with Crippen LogP contribution in [0, 0.1) is 12.7 Å². The lowest BCUT2D eigenvalue weighted by Gasteiger charge is -2.01. The molecule has 0 spiro atoms. The van der Waals surface area contributed by atoms with Crippen molar-refractivity contribution in [1.29, 1.82) is 0 Å². The average molecular weight is 220 g/mol. The van der Waals surface area contributed by atoms with Crippen LogP contribution in [-0.4, -0.2) is 16.9 Å². The first kappa shape index (κ1) is 10.8. The zero-order chi connectivity index (χ0) is 11.5. The number of benzene rings is 1. The van der Waals surface area contributed by atoms with Crippen LogP contribution in [0.3, 0.4) is 0 Å². The highest BCUT2D eigenvalue weighted by atomic mass is 19.1. The molecule has 2 rings (SSSR count). The van der Waals surface area contributed by atoms with Crippen molar-refractivity contribution in [3.63, 3.8) is 0 Å². The molecule has 0 saturated carbocycles. The van der Waals surface area contributed by atoms with Gasteiger partial charge in [0.15, 0.2) is 0 Å². The maximum Gasteiger partial charge on any atom is 0.148 e. The van der Waals surface area contributed by atoms with E-state index in [1.807, 2.05) is 6.92 Å². The first-order chi connectivity index (χ1) is 7.72. The molecule has 0 N–H and O–H groups in total. The summed E-state index contributed by atoms with van der Waals surface area (Å²) in [6.45, 7) is 2.37. The van der Waals surface area contributed by atoms with E-state index in [1.54, 1.807) is 36.2 Å². The molecule has 0 atom stereocenters. The molecule has 3 nitrogen and oxygen atoms in total. The summed E-state index contributed by atoms with van der Waals surface area (Å²) in [6.07, 6.45) is 1.80. The van der Waals surface area contributed by atoms with Crippen LogP contribution in [0.5, 0.6) is 0 Å². The van der Waals surface area contributed by atoms with E-state index in [-0.39, 0.29) is 5.82 Å². The predicted octanol–water partition coefficient (Wildman–Crippen LogP) is 2.47. The maximum atomic E-state index is 13.5. The third-order valence-corrected chi connectivity index (χ3v) is 2.38. The number of hydrogen-bond acceptors (Lipinski definition) is 2. The quantitative estimate of drug-likeness (QED) is 0.794. The third-order valence-electron chi connectivity index (χ3n) is 2.38. The second-order valence-corrected chi connectivity index (χ2v) is 3.59. The Morgan fingerprint density at radius 2 is 2.12 bits per heavy atom. The zero-order valence-corrected chi connectivity index (χ0v) is 9.27. The Balaban J connectivity index is 2.42. The number of aryl methyl sites for hydroxylation is 1. The fourth-order valence-electron chi connectivity index (χ4n) is 1.54. The van der Waals surface area contributed by atoms with Crippen molar-refractivity contribution in [2.75, 3.05) is 7.11 Å². The Morgan fingerprint density at radius 1 is 1.38 bits per heavy atom. The van der Waals surface area contributed by atoms with Crippen molar-refractivity contribution in [1.82, 2.24) is 9.78 Å². The van der Waals surface area contributed by atoms with E-state index in [2.05, 4.69) is 5.10 Å². The van der Waals surface area contributed by atoms with Crippen LogP contribution < -0.4 is 0 Å². The number of nitrogens with zero attached hydrogens (tertiary/aromatic N) is 2. The van der Waals surface area contributed by atoms with Gasteiger partial charge in [0.2, 0.25) is 0 Å². The lowest BCUT2D eigenvalue weighted by Crippen LogP contribution is -1.99. The first-order valence-electron chi connectivity index (χ1n) is 5.01. The topological polar surface area (TPSA) is 27.1 Å². The van der Waals surface area contributed by atoms with Crippen LogP contribution in [0.1, 0.15) is 11.3 Å². The number of methoxy groups -OCH3 is 1. The Morgan fingerprint density at radius 3 is 2.81 bits per heavy atom. The molecule has 0 unspecified atom stereocenters. The standard InChI is InChI=1S/C12H13FN2O/c1-9-7-15(14-11(9)8-16-2)12-6-4-3-5-10(12)13/h3-7H,8H2,1-2H3. The van der Waals surface area contributed by atoms with Crippen molar-refractivity contribution in [3.8, 4) is 5.69 Å². The number of ether oxygens (including phenoxy) is 1. The zero-order valence-electron chi connectivity index (χ0n) is 9.27. The van der Waals surface area contributed by atoms with Crippen molar-refractivity contribution in [2.24, 2.45) is 0 Å². The third kappa shape index (κ3) is 1.97. The summed E-state index contributed by atoms with van der Waals surface area (Å²) < 4.78 is 20.1. The van der Waals surface area contributed by atoms with Gasteiger partial charge in [-0.15, -0.1) is 0 Å². The molecule has 2 aromatic rings. The minimum absolute atomic E-state index is 0.283. The van der Waals surface area contributed by atoms with E-state index in [4.69, 9.17) is 4.74 Å². The van der Waals surface area contributed by atoms with Gasteiger partial charge in [-0.05, 0) is 24.6 Å². The molecular weight excluding hydrogens is 207 g/mol. The van der Waals surface area contributed by atoms with Crippen LogP contribution in [0.15, 0.2) is 30.5 Å². The predicted molar refractivity (Wildman–Crippen MR) is 59.0 cm³/mol. The van der Waals surface area contributed by atoms with Crippen LogP contribution in [0.4, 0.5) is 4.39 Å². The summed E-state index contributed by atoms with van der Waals surface area (Å²) in [6, 6.07) is 6.55. The highest BCUT2D eigenvalue weighted by Crippen LogP contribution is 2.15. The number of para-hydroxylation sites is 1. The monoisotopic (exact) mass is 220 g/mol. The summed E-state index contributed by atoms with van der Waals surface area (Å²) in [4.78, 5) is 0. The molecule has 0 amide bonds. The molecular formula is C12H13FN2O. The van der Waals surface area contributed by atoms with Crippen molar-refractivity contribution >= 4 is 0 Å². The Bertz CT molecular complexity index is 494. The Hall–Kier alpha value is -1.68. The minimum atomic E-state index is -0.283. The lowest BCUT2D eigenvalue weighted by molar-refractivity contribution is 0.180. The van der Waals surface area contributed by atoms with E-state index in [9.17, 15) is 4.39 Å². The molecule has 1 aromatic carbocycles. The number of halogens is 1. The van der Waals surface area contributed by atoms with Crippen LogP contribution in [0.25, 0.3) is 5.69 Å². The summed E-state index contributed by atoms with van der Waals surface area (Å²) >= 11 is 0. The van der Waals surface area contributed by atoms with Gasteiger partial charge >= 0.3 is 0 Å². The van der Waals surface area contributed by atoms with Crippen LogP contribution >= 0.6 is 0 Å². The van der Waals surface area contributed by atoms with Gasteiger partial charge in [0.25, 0.3) is 0 Å². The molecule has 1 heterocycles. The van der Waals surface area contributed by atoms with E-state index in [1.165, 1.54) is 6.07 Å². The molecule has 0 fully saturated rings. The summed E-state index contributed by atoms with van der Waals surface area (Å²) in [5, 5.41) is 4.28. The van der Waals surface area contributed by atoms with Crippen LogP contribution in [0.2, 0.25) is 0 Å². The lowest BCUT2D eigenvalue weighted by atomic mass is 10.3. The second kappa shape index (κ2) is 4.45. The highest BCUT2D eigenvalue weighted by molar-refractivity contribution is 5.34. The minimum Gasteiger partial charge on any atom is -0.378 e. The molecule has 0 aliphatic heterocycles. The molecule has 0 radical (unpaired) electrons. The highest BCUT2D eigenvalue weighted by Gasteiger charge is 2.08. The van der Waals surface area contributed by atoms with Crippen molar-refractivity contribution < 1.29 is 9.13 Å². The Kier molecular flexibility index (Phi) is 3.01. The molecule has 16 heavy (non-hydrogen) atoms. The Labute approximate surface area is 93.5 Å². The van der Waals surface area contributed by atoms with Gasteiger partial charge in [0.05, 0.1) is 12.3 Å². The first-order valence-corrected chi connectivity index (χ1v) is 5.01. The van der Waals surface area contributed by atoms with Gasteiger partial charge in [0.1, 0.15) is 11.5 Å². The van der Waals surface area contributed by atoms with Gasteiger partial charge in [-0.2, -0.15) is 5.10 Å². The van der Waals surface area contributed by atoms with Crippen LogP contribution in [-0.2, 0) is 11.3 Å². The smallest absolute Gasteiger partial charge is 0.148 e. The molecule has 4 heteroatoms. The normalized spacial score (nSPS) is 10.7. The van der Waals surface area contributed by atoms with E-state index in [0.29, 0.717) is 12.3 Å². The van der Waals surface area contributed by atoms with E-state index in [0.717, 1.165) is 11.3 Å². The van der Waals surface area contributed by atoms with Crippen molar-refractivity contribution in [2.45, 2.75) is 13.5 Å². The summed E-state index contributed by atoms with van der Waals surface area (Å²) in [7, 11) is 1.61. The van der Waals surface area contributed by atoms with Gasteiger partial charge in [0, 0.05) is 13.3 Å². The molecule has 1 aromatic heterocycles. The molecule has 0 aliphatic carbocycles. The van der Waals surface area contributed by atoms with Gasteiger partial charge in [-0.25, -0.2) is 9.07 Å². The maximum absolute atomic E-state index is 13.5. The number of hydrogen-bond donors (Lipinski definition) is 0. The largest absolute Gasteiger partial charge is 0.378 e. The fourth-order valence-corrected chi connectivity index (χ4v) is 1.54. The van der Waals surface area contributed by atoms with Gasteiger partial charge in [-0.1, -0.05) is 12.1 Å².